The molecule has 110 valence electrons. The second-order valence-corrected chi connectivity index (χ2v) is 5.01. The number of carbonyl (C=O) groups excluding carboxylic acids is 1. The van der Waals surface area contributed by atoms with Crippen LogP contribution >= 0.6 is 0 Å². The standard InChI is InChI=1S/C17H16N4O/c1-13-7-5-6-10-16(13)19-17(22)11-15-12-18-20-21(15)14-8-3-2-4-9-14/h2-10,12H,11H2,1H3,(H,19,22). The summed E-state index contributed by atoms with van der Waals surface area (Å²) in [5.41, 5.74) is 3.49. The Morgan fingerprint density at radius 3 is 2.59 bits per heavy atom. The van der Waals surface area contributed by atoms with E-state index in [1.165, 1.54) is 0 Å². The number of rotatable bonds is 4. The van der Waals surface area contributed by atoms with Gasteiger partial charge in [-0.3, -0.25) is 4.79 Å². The smallest absolute Gasteiger partial charge is 0.230 e. The summed E-state index contributed by atoms with van der Waals surface area (Å²) in [6, 6.07) is 17.3. The molecule has 1 aromatic heterocycles. The molecule has 0 aliphatic carbocycles. The maximum absolute atomic E-state index is 12.2. The Morgan fingerprint density at radius 1 is 1.09 bits per heavy atom. The number of hydrogen-bond donors (Lipinski definition) is 1. The molecule has 5 nitrogen and oxygen atoms in total. The van der Waals surface area contributed by atoms with E-state index in [0.29, 0.717) is 0 Å². The minimum absolute atomic E-state index is 0.0891. The Hall–Kier alpha value is -2.95. The van der Waals surface area contributed by atoms with Crippen LogP contribution in [-0.2, 0) is 11.2 Å². The monoisotopic (exact) mass is 292 g/mol. The molecule has 1 N–H and O–H groups in total. The van der Waals surface area contributed by atoms with E-state index in [2.05, 4.69) is 15.6 Å². The highest BCUT2D eigenvalue weighted by Crippen LogP contribution is 2.14. The molecule has 0 atom stereocenters. The van der Waals surface area contributed by atoms with Crippen molar-refractivity contribution < 1.29 is 4.79 Å². The number of nitrogens with one attached hydrogen (secondary N) is 1. The van der Waals surface area contributed by atoms with Crippen LogP contribution in [0.5, 0.6) is 0 Å². The summed E-state index contributed by atoms with van der Waals surface area (Å²) < 4.78 is 1.68. The minimum atomic E-state index is -0.0891. The first-order valence-corrected chi connectivity index (χ1v) is 7.04. The van der Waals surface area contributed by atoms with Crippen LogP contribution in [0.15, 0.2) is 60.8 Å². The summed E-state index contributed by atoms with van der Waals surface area (Å²) in [7, 11) is 0. The summed E-state index contributed by atoms with van der Waals surface area (Å²) in [5, 5.41) is 10.9. The van der Waals surface area contributed by atoms with Crippen molar-refractivity contribution in [3.8, 4) is 5.69 Å². The van der Waals surface area contributed by atoms with Gasteiger partial charge in [-0.1, -0.05) is 41.6 Å². The molecule has 1 amide bonds. The predicted molar refractivity (Wildman–Crippen MR) is 84.9 cm³/mol. The van der Waals surface area contributed by atoms with Gasteiger partial charge in [0.25, 0.3) is 0 Å². The number of anilines is 1. The number of hydrogen-bond acceptors (Lipinski definition) is 3. The zero-order valence-electron chi connectivity index (χ0n) is 12.2. The molecule has 2 aromatic carbocycles. The molecule has 0 aliphatic rings. The first-order valence-electron chi connectivity index (χ1n) is 7.04. The van der Waals surface area contributed by atoms with Gasteiger partial charge in [-0.05, 0) is 30.7 Å². The molecule has 0 aliphatic heterocycles. The third kappa shape index (κ3) is 3.03. The van der Waals surface area contributed by atoms with E-state index >= 15 is 0 Å². The summed E-state index contributed by atoms with van der Waals surface area (Å²) >= 11 is 0. The van der Waals surface area contributed by atoms with Gasteiger partial charge in [-0.15, -0.1) is 5.10 Å². The Balaban J connectivity index is 1.76. The Kier molecular flexibility index (Phi) is 3.96. The van der Waals surface area contributed by atoms with E-state index in [1.54, 1.807) is 10.9 Å². The van der Waals surface area contributed by atoms with Gasteiger partial charge >= 0.3 is 0 Å². The van der Waals surface area contributed by atoms with Crippen molar-refractivity contribution in [1.82, 2.24) is 15.0 Å². The highest BCUT2D eigenvalue weighted by Gasteiger charge is 2.11. The maximum Gasteiger partial charge on any atom is 0.230 e. The molecule has 0 spiro atoms. The number of aromatic nitrogens is 3. The molecular formula is C17H16N4O. The first-order chi connectivity index (χ1) is 10.7. The molecule has 5 heteroatoms. The summed E-state index contributed by atoms with van der Waals surface area (Å²) in [5.74, 6) is -0.0891. The van der Waals surface area contributed by atoms with Crippen molar-refractivity contribution in [2.24, 2.45) is 0 Å². The van der Waals surface area contributed by atoms with Crippen molar-refractivity contribution >= 4 is 11.6 Å². The van der Waals surface area contributed by atoms with E-state index in [-0.39, 0.29) is 12.3 Å². The van der Waals surface area contributed by atoms with E-state index in [0.717, 1.165) is 22.6 Å². The van der Waals surface area contributed by atoms with Gasteiger partial charge in [0, 0.05) is 5.69 Å². The van der Waals surface area contributed by atoms with Crippen LogP contribution in [0.2, 0.25) is 0 Å². The number of benzene rings is 2. The van der Waals surface area contributed by atoms with E-state index in [9.17, 15) is 4.79 Å². The van der Waals surface area contributed by atoms with Gasteiger partial charge < -0.3 is 5.32 Å². The fourth-order valence-electron chi connectivity index (χ4n) is 2.24. The van der Waals surface area contributed by atoms with Gasteiger partial charge in [0.2, 0.25) is 5.91 Å². The number of nitrogens with zero attached hydrogens (tertiary/aromatic N) is 3. The quantitative estimate of drug-likeness (QED) is 0.804. The van der Waals surface area contributed by atoms with Crippen molar-refractivity contribution in [3.05, 3.63) is 72.1 Å². The molecule has 0 bridgehead atoms. The number of aryl methyl sites for hydroxylation is 1. The van der Waals surface area contributed by atoms with Crippen molar-refractivity contribution in [2.75, 3.05) is 5.32 Å². The molecule has 0 radical (unpaired) electrons. The Bertz CT molecular complexity index is 780. The van der Waals surface area contributed by atoms with Crippen LogP contribution in [-0.4, -0.2) is 20.9 Å². The van der Waals surface area contributed by atoms with Crippen LogP contribution in [0.4, 0.5) is 5.69 Å². The van der Waals surface area contributed by atoms with Crippen molar-refractivity contribution in [2.45, 2.75) is 13.3 Å². The van der Waals surface area contributed by atoms with Crippen LogP contribution in [0.1, 0.15) is 11.3 Å². The summed E-state index contributed by atoms with van der Waals surface area (Å²) in [6.07, 6.45) is 1.83. The fraction of sp³-hybridized carbons (Fsp3) is 0.118. The van der Waals surface area contributed by atoms with E-state index in [1.807, 2.05) is 61.5 Å². The lowest BCUT2D eigenvalue weighted by Crippen LogP contribution is -2.17. The summed E-state index contributed by atoms with van der Waals surface area (Å²) in [4.78, 5) is 12.2. The largest absolute Gasteiger partial charge is 0.326 e. The molecule has 0 fully saturated rings. The number of amides is 1. The first kappa shape index (κ1) is 14.0. The Labute approximate surface area is 128 Å². The van der Waals surface area contributed by atoms with Gasteiger partial charge in [-0.2, -0.15) is 0 Å². The van der Waals surface area contributed by atoms with E-state index < -0.39 is 0 Å². The van der Waals surface area contributed by atoms with Crippen LogP contribution < -0.4 is 5.32 Å². The van der Waals surface area contributed by atoms with Gasteiger partial charge in [0.05, 0.1) is 24.0 Å². The molecule has 0 saturated carbocycles. The maximum atomic E-state index is 12.2. The molecule has 0 unspecified atom stereocenters. The van der Waals surface area contributed by atoms with Crippen molar-refractivity contribution in [1.29, 1.82) is 0 Å². The van der Waals surface area contributed by atoms with Gasteiger partial charge in [0.1, 0.15) is 0 Å². The number of para-hydroxylation sites is 2. The second-order valence-electron chi connectivity index (χ2n) is 5.01. The topological polar surface area (TPSA) is 59.8 Å². The average molecular weight is 292 g/mol. The van der Waals surface area contributed by atoms with Gasteiger partial charge in [-0.25, -0.2) is 4.68 Å². The highest BCUT2D eigenvalue weighted by molar-refractivity contribution is 5.92. The van der Waals surface area contributed by atoms with Crippen LogP contribution in [0, 0.1) is 6.92 Å². The minimum Gasteiger partial charge on any atom is -0.326 e. The van der Waals surface area contributed by atoms with Gasteiger partial charge in [0.15, 0.2) is 0 Å². The van der Waals surface area contributed by atoms with Crippen molar-refractivity contribution in [3.63, 3.8) is 0 Å². The summed E-state index contributed by atoms with van der Waals surface area (Å²) in [6.45, 7) is 1.96. The average Bonchev–Trinajstić information content (AvgIpc) is 2.98. The van der Waals surface area contributed by atoms with Crippen LogP contribution in [0.25, 0.3) is 5.69 Å². The molecule has 3 aromatic rings. The van der Waals surface area contributed by atoms with Crippen LogP contribution in [0.3, 0.4) is 0 Å². The molecule has 1 heterocycles. The lowest BCUT2D eigenvalue weighted by molar-refractivity contribution is -0.115. The zero-order chi connectivity index (χ0) is 15.4. The zero-order valence-corrected chi connectivity index (χ0v) is 12.2. The predicted octanol–water partition coefficient (Wildman–Crippen LogP) is 2.76. The normalized spacial score (nSPS) is 10.4. The molecule has 22 heavy (non-hydrogen) atoms. The Morgan fingerprint density at radius 2 is 1.82 bits per heavy atom. The number of carbonyl (C=O) groups is 1. The lowest BCUT2D eigenvalue weighted by atomic mass is 10.2. The molecule has 0 saturated heterocycles. The third-order valence-electron chi connectivity index (χ3n) is 3.38. The molecular weight excluding hydrogens is 276 g/mol. The fourth-order valence-corrected chi connectivity index (χ4v) is 2.24. The SMILES string of the molecule is Cc1ccccc1NC(=O)Cc1cnnn1-c1ccccc1. The lowest BCUT2D eigenvalue weighted by Gasteiger charge is -2.09. The van der Waals surface area contributed by atoms with E-state index in [4.69, 9.17) is 0 Å². The molecule has 3 rings (SSSR count). The second kappa shape index (κ2) is 6.22. The third-order valence-corrected chi connectivity index (χ3v) is 3.38. The highest BCUT2D eigenvalue weighted by atomic mass is 16.1.